The van der Waals surface area contributed by atoms with Crippen molar-refractivity contribution in [3.05, 3.63) is 22.4 Å². The summed E-state index contributed by atoms with van der Waals surface area (Å²) in [6, 6.07) is 3.27. The van der Waals surface area contributed by atoms with Gasteiger partial charge in [-0.05, 0) is 30.2 Å². The van der Waals surface area contributed by atoms with Crippen LogP contribution in [0.1, 0.15) is 24.1 Å². The van der Waals surface area contributed by atoms with Gasteiger partial charge in [-0.3, -0.25) is 19.8 Å². The number of hydrogen-bond donors (Lipinski definition) is 3. The minimum Gasteiger partial charge on any atom is -0.481 e. The van der Waals surface area contributed by atoms with Crippen molar-refractivity contribution in [3.63, 3.8) is 0 Å². The van der Waals surface area contributed by atoms with E-state index in [0.29, 0.717) is 26.1 Å². The fourth-order valence-electron chi connectivity index (χ4n) is 3.86. The van der Waals surface area contributed by atoms with Gasteiger partial charge in [-0.25, -0.2) is 4.79 Å². The fraction of sp³-hybridized carbons (Fsp3) is 0.562. The van der Waals surface area contributed by atoms with Crippen molar-refractivity contribution < 1.29 is 19.5 Å². The van der Waals surface area contributed by atoms with Crippen LogP contribution >= 0.6 is 11.3 Å². The Morgan fingerprint density at radius 1 is 1.42 bits per heavy atom. The zero-order chi connectivity index (χ0) is 17.2. The monoisotopic (exact) mass is 351 g/mol. The zero-order valence-corrected chi connectivity index (χ0v) is 14.1. The molecule has 1 saturated carbocycles. The molecule has 0 unspecified atom stereocenters. The number of hydrogen-bond acceptors (Lipinski definition) is 5. The van der Waals surface area contributed by atoms with Crippen molar-refractivity contribution in [1.82, 2.24) is 15.5 Å². The molecule has 1 aliphatic carbocycles. The van der Waals surface area contributed by atoms with Crippen LogP contribution < -0.4 is 10.6 Å². The normalized spacial score (nSPS) is 26.1. The SMILES string of the molecule is O=C(CN1C[C@@H]2CCC[C@@]2(C(=O)O)C1)NC(=O)NCc1cccs1. The summed E-state index contributed by atoms with van der Waals surface area (Å²) >= 11 is 1.53. The molecule has 24 heavy (non-hydrogen) atoms. The van der Waals surface area contributed by atoms with Crippen molar-refractivity contribution in [2.75, 3.05) is 19.6 Å². The van der Waals surface area contributed by atoms with E-state index in [0.717, 1.165) is 17.7 Å². The van der Waals surface area contributed by atoms with Crippen LogP contribution in [0.25, 0.3) is 0 Å². The number of urea groups is 1. The summed E-state index contributed by atoms with van der Waals surface area (Å²) < 4.78 is 0. The highest BCUT2D eigenvalue weighted by molar-refractivity contribution is 7.09. The van der Waals surface area contributed by atoms with Gasteiger partial charge in [-0.2, -0.15) is 0 Å². The standard InChI is InChI=1S/C16H21N3O4S/c20-13(18-15(23)17-7-12-4-2-6-24-12)9-19-8-11-3-1-5-16(11,10-19)14(21)22/h2,4,6,11H,1,3,5,7-10H2,(H,21,22)(H2,17,18,20,23)/t11-,16+/m0/s1. The quantitative estimate of drug-likeness (QED) is 0.742. The molecule has 1 aromatic heterocycles. The Morgan fingerprint density at radius 3 is 2.92 bits per heavy atom. The molecule has 3 rings (SSSR count). The van der Waals surface area contributed by atoms with Gasteiger partial charge in [0, 0.05) is 18.0 Å². The molecule has 7 nitrogen and oxygen atoms in total. The third kappa shape index (κ3) is 3.44. The number of aliphatic carboxylic acids is 1. The molecule has 2 atom stereocenters. The van der Waals surface area contributed by atoms with Crippen molar-refractivity contribution in [2.24, 2.45) is 11.3 Å². The molecule has 1 aliphatic heterocycles. The smallest absolute Gasteiger partial charge is 0.321 e. The van der Waals surface area contributed by atoms with E-state index in [1.807, 2.05) is 22.4 Å². The molecule has 0 radical (unpaired) electrons. The zero-order valence-electron chi connectivity index (χ0n) is 13.3. The summed E-state index contributed by atoms with van der Waals surface area (Å²) in [6.45, 7) is 1.43. The van der Waals surface area contributed by atoms with Crippen LogP contribution in [0.15, 0.2) is 17.5 Å². The molecule has 2 aliphatic rings. The number of fused-ring (bicyclic) bond motifs is 1. The Balaban J connectivity index is 1.45. The lowest BCUT2D eigenvalue weighted by atomic mass is 9.81. The fourth-order valence-corrected chi connectivity index (χ4v) is 4.50. The maximum atomic E-state index is 12.0. The molecule has 0 spiro atoms. The van der Waals surface area contributed by atoms with E-state index < -0.39 is 23.3 Å². The molecule has 1 saturated heterocycles. The molecule has 1 aromatic rings. The second-order valence-corrected chi connectivity index (χ2v) is 7.56. The van der Waals surface area contributed by atoms with Gasteiger partial charge in [-0.15, -0.1) is 11.3 Å². The molecule has 3 amide bonds. The molecule has 3 N–H and O–H groups in total. The van der Waals surface area contributed by atoms with Gasteiger partial charge in [0.1, 0.15) is 0 Å². The minimum absolute atomic E-state index is 0.0535. The number of amides is 3. The molecule has 130 valence electrons. The highest BCUT2D eigenvalue weighted by Gasteiger charge is 2.54. The lowest BCUT2D eigenvalue weighted by Gasteiger charge is -2.23. The first-order valence-electron chi connectivity index (χ1n) is 8.05. The molecule has 0 bridgehead atoms. The Hall–Kier alpha value is -1.93. The van der Waals surface area contributed by atoms with E-state index in [1.54, 1.807) is 0 Å². The number of rotatable bonds is 5. The first-order valence-corrected chi connectivity index (χ1v) is 8.93. The topological polar surface area (TPSA) is 98.7 Å². The van der Waals surface area contributed by atoms with Gasteiger partial charge in [0.2, 0.25) is 5.91 Å². The molecule has 2 heterocycles. The van der Waals surface area contributed by atoms with Crippen molar-refractivity contribution in [2.45, 2.75) is 25.8 Å². The summed E-state index contributed by atoms with van der Waals surface area (Å²) in [5, 5.41) is 16.4. The van der Waals surface area contributed by atoms with Crippen molar-refractivity contribution >= 4 is 29.2 Å². The highest BCUT2D eigenvalue weighted by Crippen LogP contribution is 2.48. The van der Waals surface area contributed by atoms with E-state index in [-0.39, 0.29) is 12.5 Å². The summed E-state index contributed by atoms with van der Waals surface area (Å²) in [5.74, 6) is -1.06. The Labute approximate surface area is 144 Å². The average molecular weight is 351 g/mol. The van der Waals surface area contributed by atoms with Gasteiger partial charge in [0.05, 0.1) is 18.5 Å². The summed E-state index contributed by atoms with van der Waals surface area (Å²) in [5.41, 5.74) is -0.707. The lowest BCUT2D eigenvalue weighted by Crippen LogP contribution is -2.44. The maximum Gasteiger partial charge on any atom is 0.321 e. The first-order chi connectivity index (χ1) is 11.5. The number of nitrogens with zero attached hydrogens (tertiary/aromatic N) is 1. The maximum absolute atomic E-state index is 12.0. The third-order valence-electron chi connectivity index (χ3n) is 4.99. The van der Waals surface area contributed by atoms with Crippen LogP contribution in [-0.4, -0.2) is 47.5 Å². The Morgan fingerprint density at radius 2 is 2.25 bits per heavy atom. The van der Waals surface area contributed by atoms with Gasteiger partial charge >= 0.3 is 12.0 Å². The van der Waals surface area contributed by atoms with Gasteiger partial charge in [0.25, 0.3) is 0 Å². The number of thiophene rings is 1. The van der Waals surface area contributed by atoms with E-state index in [1.165, 1.54) is 11.3 Å². The summed E-state index contributed by atoms with van der Waals surface area (Å²) in [7, 11) is 0. The van der Waals surface area contributed by atoms with Gasteiger partial charge in [0.15, 0.2) is 0 Å². The van der Waals surface area contributed by atoms with E-state index in [2.05, 4.69) is 10.6 Å². The van der Waals surface area contributed by atoms with Crippen molar-refractivity contribution in [3.8, 4) is 0 Å². The number of imide groups is 1. The largest absolute Gasteiger partial charge is 0.481 e. The van der Waals surface area contributed by atoms with E-state index >= 15 is 0 Å². The number of likely N-dealkylation sites (tertiary alicyclic amines) is 1. The summed E-state index contributed by atoms with van der Waals surface area (Å²) in [6.07, 6.45) is 2.50. The predicted molar refractivity (Wildman–Crippen MR) is 88.5 cm³/mol. The summed E-state index contributed by atoms with van der Waals surface area (Å²) in [4.78, 5) is 38.2. The third-order valence-corrected chi connectivity index (χ3v) is 5.87. The molecular weight excluding hydrogens is 330 g/mol. The molecule has 2 fully saturated rings. The number of carboxylic acid groups (broad SMARTS) is 1. The molecular formula is C16H21N3O4S. The second kappa shape index (κ2) is 6.90. The van der Waals surface area contributed by atoms with Gasteiger partial charge < -0.3 is 10.4 Å². The number of carboxylic acids is 1. The Kier molecular flexibility index (Phi) is 4.86. The average Bonchev–Trinajstić information content (AvgIpc) is 3.20. The van der Waals surface area contributed by atoms with Crippen LogP contribution in [0.3, 0.4) is 0 Å². The lowest BCUT2D eigenvalue weighted by molar-refractivity contribution is -0.149. The molecule has 8 heteroatoms. The predicted octanol–water partition coefficient (Wildman–Crippen LogP) is 1.26. The Bertz CT molecular complexity index is 633. The number of nitrogens with one attached hydrogen (secondary N) is 2. The number of carbonyl (C=O) groups excluding carboxylic acids is 2. The van der Waals surface area contributed by atoms with Crippen molar-refractivity contribution in [1.29, 1.82) is 0 Å². The van der Waals surface area contributed by atoms with Crippen LogP contribution in [0.2, 0.25) is 0 Å². The first kappa shape index (κ1) is 16.9. The van der Waals surface area contributed by atoms with E-state index in [9.17, 15) is 19.5 Å². The molecule has 0 aromatic carbocycles. The van der Waals surface area contributed by atoms with Crippen LogP contribution in [-0.2, 0) is 16.1 Å². The number of carbonyl (C=O) groups is 3. The minimum atomic E-state index is -0.762. The van der Waals surface area contributed by atoms with E-state index in [4.69, 9.17) is 0 Å². The highest BCUT2D eigenvalue weighted by atomic mass is 32.1. The van der Waals surface area contributed by atoms with Crippen LogP contribution in [0.5, 0.6) is 0 Å². The van der Waals surface area contributed by atoms with Gasteiger partial charge in [-0.1, -0.05) is 12.5 Å². The van der Waals surface area contributed by atoms with Crippen LogP contribution in [0, 0.1) is 11.3 Å². The van der Waals surface area contributed by atoms with Crippen LogP contribution in [0.4, 0.5) is 4.79 Å². The second-order valence-electron chi connectivity index (χ2n) is 6.53.